The molecule has 0 amide bonds. The van der Waals surface area contributed by atoms with Crippen LogP contribution in [0.3, 0.4) is 0 Å². The highest BCUT2D eigenvalue weighted by atomic mass is 79.9. The molecular formula is C12H14BrFN2. The van der Waals surface area contributed by atoms with E-state index < -0.39 is 0 Å². The van der Waals surface area contributed by atoms with Gasteiger partial charge >= 0.3 is 0 Å². The van der Waals surface area contributed by atoms with Crippen molar-refractivity contribution in [3.05, 3.63) is 34.1 Å². The van der Waals surface area contributed by atoms with Crippen molar-refractivity contribution >= 4 is 21.8 Å². The number of hydrogen-bond acceptors (Lipinski definition) is 1. The van der Waals surface area contributed by atoms with Gasteiger partial charge in [0.2, 0.25) is 0 Å². The summed E-state index contributed by atoms with van der Waals surface area (Å²) in [5.41, 5.74) is 0.647. The Morgan fingerprint density at radius 3 is 2.50 bits per heavy atom. The minimum absolute atomic E-state index is 0.300. The van der Waals surface area contributed by atoms with Crippen molar-refractivity contribution in [3.63, 3.8) is 0 Å². The lowest BCUT2D eigenvalue weighted by atomic mass is 10.1. The Morgan fingerprint density at radius 2 is 1.88 bits per heavy atom. The normalized spacial score (nSPS) is 16.2. The van der Waals surface area contributed by atoms with Gasteiger partial charge in [-0.15, -0.1) is 0 Å². The van der Waals surface area contributed by atoms with Gasteiger partial charge < -0.3 is 4.90 Å². The molecule has 0 atom stereocenters. The summed E-state index contributed by atoms with van der Waals surface area (Å²) in [5.74, 6) is 0.131. The van der Waals surface area contributed by atoms with Crippen LogP contribution < -0.4 is 0 Å². The van der Waals surface area contributed by atoms with Crippen molar-refractivity contribution < 1.29 is 4.39 Å². The molecule has 0 bridgehead atoms. The molecule has 0 aliphatic carbocycles. The summed E-state index contributed by atoms with van der Waals surface area (Å²) in [6.07, 6.45) is 3.48. The zero-order valence-corrected chi connectivity index (χ0v) is 10.6. The van der Waals surface area contributed by atoms with Crippen LogP contribution in [0.15, 0.2) is 22.7 Å². The molecule has 0 aromatic heterocycles. The van der Waals surface area contributed by atoms with E-state index in [9.17, 15) is 4.39 Å². The summed E-state index contributed by atoms with van der Waals surface area (Å²) in [6.45, 7) is 1.82. The second kappa shape index (κ2) is 4.95. The molecule has 0 unspecified atom stereocenters. The van der Waals surface area contributed by atoms with Crippen LogP contribution in [0.2, 0.25) is 0 Å². The fourth-order valence-electron chi connectivity index (χ4n) is 1.99. The summed E-state index contributed by atoms with van der Waals surface area (Å²) in [7, 11) is 0. The lowest BCUT2D eigenvalue weighted by Gasteiger charge is -2.29. The number of piperidine rings is 1. The van der Waals surface area contributed by atoms with Crippen LogP contribution in [-0.2, 0) is 0 Å². The zero-order chi connectivity index (χ0) is 11.5. The number of amidine groups is 1. The van der Waals surface area contributed by atoms with Crippen LogP contribution in [0, 0.1) is 11.2 Å². The third-order valence-electron chi connectivity index (χ3n) is 2.81. The first-order chi connectivity index (χ1) is 7.66. The van der Waals surface area contributed by atoms with Gasteiger partial charge in [0, 0.05) is 23.1 Å². The molecule has 1 aliphatic rings. The van der Waals surface area contributed by atoms with Gasteiger partial charge in [-0.2, -0.15) is 0 Å². The first-order valence-corrected chi connectivity index (χ1v) is 6.26. The molecule has 2 rings (SSSR count). The van der Waals surface area contributed by atoms with Crippen molar-refractivity contribution in [3.8, 4) is 0 Å². The SMILES string of the molecule is N=C(c1cc(F)cc(Br)c1)N1CCCCC1. The summed E-state index contributed by atoms with van der Waals surface area (Å²) >= 11 is 3.25. The topological polar surface area (TPSA) is 27.1 Å². The van der Waals surface area contributed by atoms with Gasteiger partial charge in [-0.1, -0.05) is 15.9 Å². The molecule has 2 nitrogen and oxygen atoms in total. The molecule has 1 saturated heterocycles. The Bertz CT molecular complexity index is 380. The molecule has 1 aromatic carbocycles. The van der Waals surface area contributed by atoms with E-state index in [1.165, 1.54) is 18.6 Å². The van der Waals surface area contributed by atoms with Crippen molar-refractivity contribution in [2.24, 2.45) is 0 Å². The van der Waals surface area contributed by atoms with Crippen molar-refractivity contribution in [2.45, 2.75) is 19.3 Å². The number of hydrogen-bond donors (Lipinski definition) is 1. The number of benzene rings is 1. The monoisotopic (exact) mass is 284 g/mol. The maximum Gasteiger partial charge on any atom is 0.128 e. The van der Waals surface area contributed by atoms with Gasteiger partial charge in [-0.25, -0.2) is 4.39 Å². The molecule has 0 radical (unpaired) electrons. The third kappa shape index (κ3) is 2.61. The van der Waals surface area contributed by atoms with E-state index in [1.54, 1.807) is 6.07 Å². The average molecular weight is 285 g/mol. The molecule has 1 aliphatic heterocycles. The molecule has 4 heteroatoms. The summed E-state index contributed by atoms with van der Waals surface area (Å²) in [6, 6.07) is 4.62. The fourth-order valence-corrected chi connectivity index (χ4v) is 2.46. The van der Waals surface area contributed by atoms with Crippen molar-refractivity contribution in [1.82, 2.24) is 4.90 Å². The Balaban J connectivity index is 2.19. The van der Waals surface area contributed by atoms with E-state index in [0.717, 1.165) is 25.9 Å². The fraction of sp³-hybridized carbons (Fsp3) is 0.417. The minimum Gasteiger partial charge on any atom is -0.357 e. The lowest BCUT2D eigenvalue weighted by Crippen LogP contribution is -2.35. The van der Waals surface area contributed by atoms with Gasteiger partial charge in [0.25, 0.3) is 0 Å². The Hall–Kier alpha value is -0.900. The highest BCUT2D eigenvalue weighted by Gasteiger charge is 2.15. The molecule has 1 N–H and O–H groups in total. The number of halogens is 2. The van der Waals surface area contributed by atoms with Crippen LogP contribution in [0.5, 0.6) is 0 Å². The molecule has 1 heterocycles. The molecule has 0 saturated carbocycles. The molecule has 86 valence electrons. The predicted octanol–water partition coefficient (Wildman–Crippen LogP) is 3.40. The predicted molar refractivity (Wildman–Crippen MR) is 66.4 cm³/mol. The smallest absolute Gasteiger partial charge is 0.128 e. The standard InChI is InChI=1S/C12H14BrFN2/c13-10-6-9(7-11(14)8-10)12(15)16-4-2-1-3-5-16/h6-8,15H,1-5H2. The van der Waals surface area contributed by atoms with Gasteiger partial charge in [0.1, 0.15) is 11.7 Å². The summed E-state index contributed by atoms with van der Waals surface area (Å²) in [5, 5.41) is 8.06. The van der Waals surface area contributed by atoms with Crippen LogP contribution in [0.25, 0.3) is 0 Å². The first-order valence-electron chi connectivity index (χ1n) is 5.47. The zero-order valence-electron chi connectivity index (χ0n) is 8.97. The van der Waals surface area contributed by atoms with Crippen LogP contribution in [0.4, 0.5) is 4.39 Å². The number of likely N-dealkylation sites (tertiary alicyclic amines) is 1. The number of rotatable bonds is 1. The minimum atomic E-state index is -0.300. The van der Waals surface area contributed by atoms with Crippen LogP contribution >= 0.6 is 15.9 Å². The lowest BCUT2D eigenvalue weighted by molar-refractivity contribution is 0.341. The number of nitrogens with zero attached hydrogens (tertiary/aromatic N) is 1. The third-order valence-corrected chi connectivity index (χ3v) is 3.27. The second-order valence-corrected chi connectivity index (χ2v) is 4.97. The molecule has 1 aromatic rings. The summed E-state index contributed by atoms with van der Waals surface area (Å²) in [4.78, 5) is 2.02. The largest absolute Gasteiger partial charge is 0.357 e. The maximum absolute atomic E-state index is 13.2. The van der Waals surface area contributed by atoms with Gasteiger partial charge in [0.15, 0.2) is 0 Å². The second-order valence-electron chi connectivity index (χ2n) is 4.05. The molecule has 16 heavy (non-hydrogen) atoms. The average Bonchev–Trinajstić information content (AvgIpc) is 2.28. The molecular weight excluding hydrogens is 271 g/mol. The Morgan fingerprint density at radius 1 is 1.19 bits per heavy atom. The first kappa shape index (κ1) is 11.6. The molecule has 0 spiro atoms. The maximum atomic E-state index is 13.2. The number of nitrogens with one attached hydrogen (secondary N) is 1. The summed E-state index contributed by atoms with van der Waals surface area (Å²) < 4.78 is 13.9. The van der Waals surface area contributed by atoms with Crippen LogP contribution in [0.1, 0.15) is 24.8 Å². The van der Waals surface area contributed by atoms with E-state index in [-0.39, 0.29) is 5.82 Å². The van der Waals surface area contributed by atoms with Crippen LogP contribution in [-0.4, -0.2) is 23.8 Å². The van der Waals surface area contributed by atoms with E-state index in [4.69, 9.17) is 5.41 Å². The van der Waals surface area contributed by atoms with E-state index >= 15 is 0 Å². The molecule has 1 fully saturated rings. The van der Waals surface area contributed by atoms with Gasteiger partial charge in [-0.05, 0) is 37.5 Å². The highest BCUT2D eigenvalue weighted by Crippen LogP contribution is 2.18. The highest BCUT2D eigenvalue weighted by molar-refractivity contribution is 9.10. The van der Waals surface area contributed by atoms with E-state index in [1.807, 2.05) is 4.90 Å². The van der Waals surface area contributed by atoms with Gasteiger partial charge in [0.05, 0.1) is 0 Å². The Kier molecular flexibility index (Phi) is 3.59. The quantitative estimate of drug-likeness (QED) is 0.621. The van der Waals surface area contributed by atoms with Gasteiger partial charge in [-0.3, -0.25) is 5.41 Å². The van der Waals surface area contributed by atoms with Crippen molar-refractivity contribution in [1.29, 1.82) is 5.41 Å². The van der Waals surface area contributed by atoms with E-state index in [2.05, 4.69) is 15.9 Å². The van der Waals surface area contributed by atoms with Crippen molar-refractivity contribution in [2.75, 3.05) is 13.1 Å². The van der Waals surface area contributed by atoms with E-state index in [0.29, 0.717) is 15.9 Å². The Labute approximate surface area is 103 Å².